The van der Waals surface area contributed by atoms with Crippen molar-refractivity contribution in [1.82, 2.24) is 19.5 Å². The van der Waals surface area contributed by atoms with Gasteiger partial charge in [0.05, 0.1) is 19.0 Å². The zero-order valence-corrected chi connectivity index (χ0v) is 18.5. The highest BCUT2D eigenvalue weighted by Gasteiger charge is 2.21. The Morgan fingerprint density at radius 2 is 1.97 bits per heavy atom. The summed E-state index contributed by atoms with van der Waals surface area (Å²) in [5.41, 5.74) is 5.16. The van der Waals surface area contributed by atoms with E-state index in [1.165, 1.54) is 16.6 Å². The summed E-state index contributed by atoms with van der Waals surface area (Å²) >= 11 is 1.07. The van der Waals surface area contributed by atoms with Crippen LogP contribution in [0.15, 0.2) is 14.4 Å². The lowest BCUT2D eigenvalue weighted by Gasteiger charge is -2.21. The summed E-state index contributed by atoms with van der Waals surface area (Å²) in [6.07, 6.45) is 1.58. The van der Waals surface area contributed by atoms with Crippen LogP contribution in [0.2, 0.25) is 0 Å². The van der Waals surface area contributed by atoms with Gasteiger partial charge in [0.1, 0.15) is 27.0 Å². The van der Waals surface area contributed by atoms with Crippen LogP contribution in [0, 0.1) is 6.92 Å². The average Bonchev–Trinajstić information content (AvgIpc) is 3.03. The topological polar surface area (TPSA) is 156 Å². The zero-order chi connectivity index (χ0) is 22.9. The van der Waals surface area contributed by atoms with Gasteiger partial charge in [-0.05, 0) is 18.9 Å². The van der Waals surface area contributed by atoms with Crippen molar-refractivity contribution in [1.29, 1.82) is 0 Å². The van der Waals surface area contributed by atoms with E-state index in [4.69, 9.17) is 10.5 Å². The Balaban J connectivity index is 2.01. The molecule has 0 bridgehead atoms. The van der Waals surface area contributed by atoms with Crippen LogP contribution in [-0.2, 0) is 17.8 Å². The van der Waals surface area contributed by atoms with E-state index in [9.17, 15) is 19.2 Å². The molecule has 3 aromatic rings. The van der Waals surface area contributed by atoms with Crippen LogP contribution in [0.3, 0.4) is 0 Å². The van der Waals surface area contributed by atoms with E-state index in [0.29, 0.717) is 27.2 Å². The van der Waals surface area contributed by atoms with Gasteiger partial charge >= 0.3 is 11.7 Å². The van der Waals surface area contributed by atoms with Crippen LogP contribution in [0.25, 0.3) is 10.2 Å². The number of aromatic nitrogens is 4. The molecule has 31 heavy (non-hydrogen) atoms. The highest BCUT2D eigenvalue weighted by Crippen LogP contribution is 2.27. The number of esters is 1. The molecule has 0 saturated heterocycles. The number of aryl methyl sites for hydroxylation is 1. The van der Waals surface area contributed by atoms with Crippen LogP contribution in [0.4, 0.5) is 11.5 Å². The maximum Gasteiger partial charge on any atom is 0.348 e. The molecule has 0 aromatic carbocycles. The Labute approximate surface area is 180 Å². The average molecular weight is 449 g/mol. The molecule has 3 aromatic heterocycles. The van der Waals surface area contributed by atoms with E-state index in [1.807, 2.05) is 6.92 Å². The van der Waals surface area contributed by atoms with E-state index in [-0.39, 0.29) is 23.9 Å². The van der Waals surface area contributed by atoms with Crippen LogP contribution in [0.1, 0.15) is 40.8 Å². The van der Waals surface area contributed by atoms with Gasteiger partial charge in [-0.1, -0.05) is 13.3 Å². The van der Waals surface area contributed by atoms with E-state index in [1.54, 1.807) is 14.0 Å². The van der Waals surface area contributed by atoms with Gasteiger partial charge in [-0.2, -0.15) is 0 Å². The summed E-state index contributed by atoms with van der Waals surface area (Å²) in [5, 5.41) is 0.322. The number of nitrogens with one attached hydrogen (secondary N) is 2. The third-order valence-electron chi connectivity index (χ3n) is 4.94. The predicted molar refractivity (Wildman–Crippen MR) is 119 cm³/mol. The molecule has 0 unspecified atom stereocenters. The first-order valence-electron chi connectivity index (χ1n) is 9.63. The lowest BCUT2D eigenvalue weighted by atomic mass is 10.2. The van der Waals surface area contributed by atoms with Gasteiger partial charge in [-0.3, -0.25) is 19.1 Å². The number of hydrogen-bond donors (Lipinski definition) is 3. The number of nitrogens with two attached hydrogens (primary N) is 1. The van der Waals surface area contributed by atoms with Gasteiger partial charge in [-0.15, -0.1) is 11.3 Å². The van der Waals surface area contributed by atoms with E-state index >= 15 is 0 Å². The predicted octanol–water partition coefficient (Wildman–Crippen LogP) is 0.948. The number of thiophene rings is 1. The molecule has 0 amide bonds. The number of methoxy groups -OCH3 is 1. The molecule has 0 aliphatic heterocycles. The highest BCUT2D eigenvalue weighted by atomic mass is 32.1. The summed E-state index contributed by atoms with van der Waals surface area (Å²) < 4.78 is 6.08. The number of aromatic amines is 2. The van der Waals surface area contributed by atoms with Gasteiger partial charge in [0.15, 0.2) is 0 Å². The van der Waals surface area contributed by atoms with Crippen molar-refractivity contribution in [3.8, 4) is 0 Å². The molecule has 166 valence electrons. The van der Waals surface area contributed by atoms with Crippen molar-refractivity contribution < 1.29 is 9.53 Å². The fraction of sp³-hybridized carbons (Fsp3) is 0.421. The van der Waals surface area contributed by atoms with Gasteiger partial charge in [0.2, 0.25) is 0 Å². The Bertz CT molecular complexity index is 1320. The van der Waals surface area contributed by atoms with Crippen LogP contribution < -0.4 is 27.4 Å². The SMILES string of the molecule is CCCCn1c(N)c(N(C)Cc2nc3sc(C(=O)OC)c(C)c3c(=O)[nH]2)c(=O)[nH]c1=O. The van der Waals surface area contributed by atoms with Crippen LogP contribution >= 0.6 is 11.3 Å². The number of anilines is 2. The molecule has 0 spiro atoms. The standard InChI is InChI=1S/C19H24N6O5S/c1-5-6-7-25-14(20)12(16(27)23-19(25)29)24(3)8-10-21-15(26)11-9(2)13(18(28)30-4)31-17(11)22-10/h5-8,20H2,1-4H3,(H,21,22,26)(H,23,27,29). The summed E-state index contributed by atoms with van der Waals surface area (Å²) in [7, 11) is 2.88. The molecular weight excluding hydrogens is 424 g/mol. The minimum Gasteiger partial charge on any atom is -0.465 e. The van der Waals surface area contributed by atoms with Crippen molar-refractivity contribution in [2.24, 2.45) is 0 Å². The first-order valence-corrected chi connectivity index (χ1v) is 10.5. The van der Waals surface area contributed by atoms with Crippen molar-refractivity contribution in [3.63, 3.8) is 0 Å². The fourth-order valence-electron chi connectivity index (χ4n) is 3.34. The molecule has 0 fully saturated rings. The monoisotopic (exact) mass is 448 g/mol. The van der Waals surface area contributed by atoms with Gasteiger partial charge in [0, 0.05) is 13.6 Å². The second-order valence-electron chi connectivity index (χ2n) is 7.09. The molecule has 0 atom stereocenters. The molecule has 12 heteroatoms. The Hall–Kier alpha value is -3.41. The first kappa shape index (κ1) is 22.3. The number of nitrogens with zero attached hydrogens (tertiary/aromatic N) is 3. The molecule has 3 rings (SSSR count). The number of carbonyl (C=O) groups excluding carboxylic acids is 1. The number of carbonyl (C=O) groups is 1. The largest absolute Gasteiger partial charge is 0.465 e. The molecule has 0 saturated carbocycles. The maximum absolute atomic E-state index is 12.6. The number of fused-ring (bicyclic) bond motifs is 1. The van der Waals surface area contributed by atoms with E-state index in [0.717, 1.165) is 24.2 Å². The number of rotatable bonds is 7. The second-order valence-corrected chi connectivity index (χ2v) is 8.09. The Morgan fingerprint density at radius 3 is 2.61 bits per heavy atom. The van der Waals surface area contributed by atoms with Crippen LogP contribution in [0.5, 0.6) is 0 Å². The molecule has 3 heterocycles. The van der Waals surface area contributed by atoms with Gasteiger partial charge in [0.25, 0.3) is 11.1 Å². The lowest BCUT2D eigenvalue weighted by molar-refractivity contribution is 0.0605. The number of unbranched alkanes of at least 4 members (excludes halogenated alkanes) is 1. The van der Waals surface area contributed by atoms with Gasteiger partial charge < -0.3 is 20.4 Å². The summed E-state index contributed by atoms with van der Waals surface area (Å²) in [6.45, 7) is 4.07. The minimum absolute atomic E-state index is 0.0491. The third kappa shape index (κ3) is 4.10. The maximum atomic E-state index is 12.6. The molecular formula is C19H24N6O5S. The van der Waals surface area contributed by atoms with E-state index < -0.39 is 22.8 Å². The fourth-order valence-corrected chi connectivity index (χ4v) is 4.46. The second kappa shape index (κ2) is 8.76. The van der Waals surface area contributed by atoms with Gasteiger partial charge in [-0.25, -0.2) is 14.6 Å². The molecule has 0 radical (unpaired) electrons. The zero-order valence-electron chi connectivity index (χ0n) is 17.7. The summed E-state index contributed by atoms with van der Waals surface area (Å²) in [4.78, 5) is 60.7. The smallest absolute Gasteiger partial charge is 0.348 e. The van der Waals surface area contributed by atoms with Crippen molar-refractivity contribution in [3.05, 3.63) is 47.5 Å². The quantitative estimate of drug-likeness (QED) is 0.451. The Morgan fingerprint density at radius 1 is 1.26 bits per heavy atom. The third-order valence-corrected chi connectivity index (χ3v) is 6.10. The number of hydrogen-bond acceptors (Lipinski definition) is 9. The number of nitrogen functional groups attached to an aromatic ring is 1. The summed E-state index contributed by atoms with van der Waals surface area (Å²) in [5.74, 6) is -0.206. The molecule has 0 aliphatic rings. The number of ether oxygens (including phenoxy) is 1. The molecule has 11 nitrogen and oxygen atoms in total. The highest BCUT2D eigenvalue weighted by molar-refractivity contribution is 7.20. The summed E-state index contributed by atoms with van der Waals surface area (Å²) in [6, 6.07) is 0. The molecule has 0 aliphatic carbocycles. The first-order chi connectivity index (χ1) is 14.7. The van der Waals surface area contributed by atoms with Crippen molar-refractivity contribution in [2.75, 3.05) is 24.8 Å². The molecule has 4 N–H and O–H groups in total. The number of H-pyrrole nitrogens is 2. The normalized spacial score (nSPS) is 11.1. The van der Waals surface area contributed by atoms with Crippen molar-refractivity contribution in [2.45, 2.75) is 39.8 Å². The Kier molecular flexibility index (Phi) is 6.29. The van der Waals surface area contributed by atoms with Crippen molar-refractivity contribution >= 4 is 39.0 Å². The lowest BCUT2D eigenvalue weighted by Crippen LogP contribution is -2.37. The minimum atomic E-state index is -0.624. The van der Waals surface area contributed by atoms with E-state index in [2.05, 4.69) is 15.0 Å². The van der Waals surface area contributed by atoms with Crippen LogP contribution in [-0.4, -0.2) is 39.6 Å².